The van der Waals surface area contributed by atoms with Crippen LogP contribution in [0.2, 0.25) is 0 Å². The summed E-state index contributed by atoms with van der Waals surface area (Å²) in [6.45, 7) is 5.91. The molecule has 4 heterocycles. The zero-order chi connectivity index (χ0) is 21.1. The lowest BCUT2D eigenvalue weighted by molar-refractivity contribution is 0.0591. The van der Waals surface area contributed by atoms with Gasteiger partial charge in [-0.05, 0) is 52.4 Å². The molecule has 2 aromatic heterocycles. The maximum absolute atomic E-state index is 13.1. The average Bonchev–Trinajstić information content (AvgIpc) is 2.79. The molecule has 0 spiro atoms. The predicted molar refractivity (Wildman–Crippen MR) is 111 cm³/mol. The molecule has 1 unspecified atom stereocenters. The van der Waals surface area contributed by atoms with Crippen LogP contribution in [0.15, 0.2) is 18.6 Å². The lowest BCUT2D eigenvalue weighted by Crippen LogP contribution is -2.40. The van der Waals surface area contributed by atoms with Crippen molar-refractivity contribution < 1.29 is 9.59 Å². The zero-order valence-corrected chi connectivity index (χ0v) is 17.7. The first-order chi connectivity index (χ1) is 14.5. The summed E-state index contributed by atoms with van der Waals surface area (Å²) in [7, 11) is 0. The Hall–Kier alpha value is -2.90. The molecule has 0 aliphatic carbocycles. The highest BCUT2D eigenvalue weighted by Crippen LogP contribution is 2.30. The number of likely N-dealkylation sites (tertiary alicyclic amines) is 2. The summed E-state index contributed by atoms with van der Waals surface area (Å²) in [6, 6.07) is -0.216. The van der Waals surface area contributed by atoms with Gasteiger partial charge in [-0.1, -0.05) is 0 Å². The van der Waals surface area contributed by atoms with E-state index in [1.54, 1.807) is 17.3 Å². The molecule has 158 valence electrons. The van der Waals surface area contributed by atoms with Crippen molar-refractivity contribution in [3.05, 3.63) is 47.1 Å². The number of aryl methyl sites for hydroxylation is 2. The van der Waals surface area contributed by atoms with E-state index >= 15 is 0 Å². The minimum Gasteiger partial charge on any atom is -0.339 e. The Morgan fingerprint density at radius 1 is 0.867 bits per heavy atom. The number of amides is 2. The van der Waals surface area contributed by atoms with E-state index in [0.29, 0.717) is 29.3 Å². The van der Waals surface area contributed by atoms with E-state index < -0.39 is 0 Å². The van der Waals surface area contributed by atoms with Crippen LogP contribution in [0.4, 0.5) is 0 Å². The molecule has 1 atom stereocenters. The van der Waals surface area contributed by atoms with Gasteiger partial charge in [0, 0.05) is 32.0 Å². The van der Waals surface area contributed by atoms with E-state index in [0.717, 1.165) is 50.9 Å². The maximum atomic E-state index is 13.1. The largest absolute Gasteiger partial charge is 0.339 e. The number of rotatable bonds is 3. The maximum Gasteiger partial charge on any atom is 0.274 e. The Bertz CT molecular complexity index is 924. The van der Waals surface area contributed by atoms with Crippen LogP contribution >= 0.6 is 0 Å². The molecule has 0 N–H and O–H groups in total. The van der Waals surface area contributed by atoms with Crippen LogP contribution in [0.5, 0.6) is 0 Å². The van der Waals surface area contributed by atoms with Crippen molar-refractivity contribution in [3.63, 3.8) is 0 Å². The Labute approximate surface area is 176 Å². The fourth-order valence-electron chi connectivity index (χ4n) is 4.22. The number of nitrogens with zero attached hydrogens (tertiary/aromatic N) is 6. The minimum absolute atomic E-state index is 0.00487. The predicted octanol–water partition coefficient (Wildman–Crippen LogP) is 2.88. The van der Waals surface area contributed by atoms with Gasteiger partial charge < -0.3 is 9.80 Å². The molecular formula is C22H28N6O2. The lowest BCUT2D eigenvalue weighted by Gasteiger charge is -2.34. The zero-order valence-electron chi connectivity index (χ0n) is 17.7. The molecule has 8 nitrogen and oxygen atoms in total. The number of carbonyl (C=O) groups excluding carboxylic acids is 2. The first-order valence-corrected chi connectivity index (χ1v) is 10.8. The van der Waals surface area contributed by atoms with Crippen LogP contribution < -0.4 is 0 Å². The molecule has 2 fully saturated rings. The van der Waals surface area contributed by atoms with Crippen LogP contribution in [0.3, 0.4) is 0 Å². The van der Waals surface area contributed by atoms with Crippen LogP contribution in [-0.2, 0) is 0 Å². The summed E-state index contributed by atoms with van der Waals surface area (Å²) in [4.78, 5) is 47.3. The van der Waals surface area contributed by atoms with Gasteiger partial charge in [0.2, 0.25) is 0 Å². The van der Waals surface area contributed by atoms with Crippen molar-refractivity contribution in [2.75, 3.05) is 19.6 Å². The number of hydrogen-bond acceptors (Lipinski definition) is 6. The van der Waals surface area contributed by atoms with Crippen molar-refractivity contribution in [1.29, 1.82) is 0 Å². The lowest BCUT2D eigenvalue weighted by atomic mass is 10.0. The smallest absolute Gasteiger partial charge is 0.274 e. The van der Waals surface area contributed by atoms with E-state index in [2.05, 4.69) is 19.9 Å². The Morgan fingerprint density at radius 2 is 1.63 bits per heavy atom. The molecule has 30 heavy (non-hydrogen) atoms. The molecular weight excluding hydrogens is 380 g/mol. The van der Waals surface area contributed by atoms with Gasteiger partial charge in [0.25, 0.3) is 11.8 Å². The molecule has 2 saturated heterocycles. The third-order valence-corrected chi connectivity index (χ3v) is 5.93. The second kappa shape index (κ2) is 8.85. The van der Waals surface area contributed by atoms with Crippen LogP contribution in [-0.4, -0.2) is 61.2 Å². The van der Waals surface area contributed by atoms with Crippen LogP contribution in [0.25, 0.3) is 0 Å². The SMILES string of the molecule is Cc1cnc(C(=O)N2CCCCC2c2ncc(C(=O)N3CCCCC3)c(C)n2)cn1. The molecule has 2 amide bonds. The molecule has 0 saturated carbocycles. The van der Waals surface area contributed by atoms with E-state index in [1.165, 1.54) is 12.6 Å². The number of hydrogen-bond donors (Lipinski definition) is 0. The Morgan fingerprint density at radius 3 is 2.33 bits per heavy atom. The average molecular weight is 409 g/mol. The van der Waals surface area contributed by atoms with Gasteiger partial charge >= 0.3 is 0 Å². The molecule has 8 heteroatoms. The van der Waals surface area contributed by atoms with Gasteiger partial charge in [-0.3, -0.25) is 14.6 Å². The highest BCUT2D eigenvalue weighted by molar-refractivity contribution is 5.95. The van der Waals surface area contributed by atoms with Crippen LogP contribution in [0.1, 0.15) is 82.6 Å². The van der Waals surface area contributed by atoms with Crippen LogP contribution in [0, 0.1) is 13.8 Å². The van der Waals surface area contributed by atoms with Gasteiger partial charge in [-0.2, -0.15) is 0 Å². The van der Waals surface area contributed by atoms with E-state index in [1.807, 2.05) is 18.7 Å². The Kier molecular flexibility index (Phi) is 6.01. The van der Waals surface area contributed by atoms with Crippen molar-refractivity contribution in [1.82, 2.24) is 29.7 Å². The summed E-state index contributed by atoms with van der Waals surface area (Å²) in [6.07, 6.45) is 10.8. The van der Waals surface area contributed by atoms with E-state index in [4.69, 9.17) is 0 Å². The summed E-state index contributed by atoms with van der Waals surface area (Å²) in [5.41, 5.74) is 2.33. The van der Waals surface area contributed by atoms with Crippen molar-refractivity contribution in [3.8, 4) is 0 Å². The third kappa shape index (κ3) is 4.17. The highest BCUT2D eigenvalue weighted by atomic mass is 16.2. The fraction of sp³-hybridized carbons (Fsp3) is 0.545. The highest BCUT2D eigenvalue weighted by Gasteiger charge is 2.32. The van der Waals surface area contributed by atoms with Gasteiger partial charge in [-0.25, -0.2) is 15.0 Å². The fourth-order valence-corrected chi connectivity index (χ4v) is 4.22. The standard InChI is InChI=1S/C22H28N6O2/c1-15-12-24-18(14-23-15)22(30)28-11-7-4-8-19(28)20-25-13-17(16(2)26-20)21(29)27-9-5-3-6-10-27/h12-14,19H,3-11H2,1-2H3. The number of carbonyl (C=O) groups is 2. The quantitative estimate of drug-likeness (QED) is 0.775. The monoisotopic (exact) mass is 408 g/mol. The number of piperidine rings is 2. The second-order valence-electron chi connectivity index (χ2n) is 8.13. The van der Waals surface area contributed by atoms with Crippen molar-refractivity contribution in [2.24, 2.45) is 0 Å². The normalized spacial score (nSPS) is 19.6. The summed E-state index contributed by atoms with van der Waals surface area (Å²) in [5, 5.41) is 0. The molecule has 2 aromatic rings. The van der Waals surface area contributed by atoms with Gasteiger partial charge in [0.05, 0.1) is 29.2 Å². The molecule has 2 aliphatic heterocycles. The summed E-state index contributed by atoms with van der Waals surface area (Å²) in [5.74, 6) is 0.447. The summed E-state index contributed by atoms with van der Waals surface area (Å²) >= 11 is 0. The Balaban J connectivity index is 1.56. The van der Waals surface area contributed by atoms with Crippen molar-refractivity contribution in [2.45, 2.75) is 58.4 Å². The molecule has 0 aromatic carbocycles. The van der Waals surface area contributed by atoms with Gasteiger partial charge in [-0.15, -0.1) is 0 Å². The minimum atomic E-state index is -0.216. The third-order valence-electron chi connectivity index (χ3n) is 5.93. The number of aromatic nitrogens is 4. The second-order valence-corrected chi connectivity index (χ2v) is 8.13. The summed E-state index contributed by atoms with van der Waals surface area (Å²) < 4.78 is 0. The molecule has 2 aliphatic rings. The van der Waals surface area contributed by atoms with E-state index in [9.17, 15) is 9.59 Å². The first kappa shape index (κ1) is 20.4. The molecule has 0 radical (unpaired) electrons. The van der Waals surface area contributed by atoms with E-state index in [-0.39, 0.29) is 17.9 Å². The first-order valence-electron chi connectivity index (χ1n) is 10.8. The topological polar surface area (TPSA) is 92.2 Å². The van der Waals surface area contributed by atoms with Gasteiger partial charge in [0.1, 0.15) is 5.69 Å². The molecule has 4 rings (SSSR count). The van der Waals surface area contributed by atoms with Gasteiger partial charge in [0.15, 0.2) is 5.82 Å². The molecule has 0 bridgehead atoms. The van der Waals surface area contributed by atoms with Crippen molar-refractivity contribution >= 4 is 11.8 Å².